The number of hydrogen-bond donors (Lipinski definition) is 0. The summed E-state index contributed by atoms with van der Waals surface area (Å²) in [5, 5.41) is 8.08. The van der Waals surface area contributed by atoms with Crippen molar-refractivity contribution in [1.82, 2.24) is 15.0 Å². The number of benzene rings is 1. The summed E-state index contributed by atoms with van der Waals surface area (Å²) in [6, 6.07) is 4.17. The van der Waals surface area contributed by atoms with Crippen LogP contribution >= 0.6 is 0 Å². The van der Waals surface area contributed by atoms with Crippen LogP contribution < -0.4 is 0 Å². The first kappa shape index (κ1) is 7.28. The van der Waals surface area contributed by atoms with Gasteiger partial charge in [0.1, 0.15) is 5.52 Å². The van der Waals surface area contributed by atoms with Gasteiger partial charge in [-0.25, -0.2) is 4.68 Å². The maximum atomic E-state index is 4.09. The van der Waals surface area contributed by atoms with Gasteiger partial charge < -0.3 is 0 Å². The lowest BCUT2D eigenvalue weighted by atomic mass is 10.1. The van der Waals surface area contributed by atoms with Gasteiger partial charge in [0.2, 0.25) is 0 Å². The molecule has 2 rings (SSSR count). The highest BCUT2D eigenvalue weighted by Crippen LogP contribution is 2.18. The molecule has 0 bridgehead atoms. The van der Waals surface area contributed by atoms with Crippen molar-refractivity contribution in [2.45, 2.75) is 13.8 Å². The number of nitrogens with zero attached hydrogens (tertiary/aromatic N) is 3. The molecule has 0 amide bonds. The summed E-state index contributed by atoms with van der Waals surface area (Å²) < 4.78 is 1.82. The molecular weight excluding hydrogens is 150 g/mol. The second kappa shape index (κ2) is 2.30. The second-order valence-corrected chi connectivity index (χ2v) is 3.11. The van der Waals surface area contributed by atoms with Gasteiger partial charge in [0.25, 0.3) is 0 Å². The highest BCUT2D eigenvalue weighted by molar-refractivity contribution is 5.80. The maximum absolute atomic E-state index is 4.09. The van der Waals surface area contributed by atoms with Crippen LogP contribution in [-0.4, -0.2) is 15.0 Å². The van der Waals surface area contributed by atoms with Crippen molar-refractivity contribution in [3.8, 4) is 0 Å². The lowest BCUT2D eigenvalue weighted by Crippen LogP contribution is -1.91. The van der Waals surface area contributed by atoms with Gasteiger partial charge >= 0.3 is 0 Å². The van der Waals surface area contributed by atoms with Crippen LogP contribution in [0, 0.1) is 13.8 Å². The molecule has 0 N–H and O–H groups in total. The number of aryl methyl sites for hydroxylation is 3. The summed E-state index contributed by atoms with van der Waals surface area (Å²) in [5.74, 6) is 0. The van der Waals surface area contributed by atoms with Crippen LogP contribution in [0.1, 0.15) is 11.1 Å². The highest BCUT2D eigenvalue weighted by Gasteiger charge is 2.05. The first-order valence-corrected chi connectivity index (χ1v) is 3.96. The normalized spacial score (nSPS) is 10.9. The van der Waals surface area contributed by atoms with Gasteiger partial charge in [-0.3, -0.25) is 0 Å². The van der Waals surface area contributed by atoms with E-state index in [0.717, 1.165) is 11.0 Å². The molecular formula is C9H11N3. The molecule has 0 atom stereocenters. The van der Waals surface area contributed by atoms with E-state index in [9.17, 15) is 0 Å². The van der Waals surface area contributed by atoms with Crippen LogP contribution in [0.2, 0.25) is 0 Å². The zero-order valence-electron chi connectivity index (χ0n) is 7.50. The first-order chi connectivity index (χ1) is 5.70. The predicted octanol–water partition coefficient (Wildman–Crippen LogP) is 1.59. The van der Waals surface area contributed by atoms with Crippen LogP contribution in [-0.2, 0) is 7.05 Å². The van der Waals surface area contributed by atoms with Crippen molar-refractivity contribution < 1.29 is 0 Å². The molecule has 0 aliphatic rings. The van der Waals surface area contributed by atoms with Crippen molar-refractivity contribution in [3.05, 3.63) is 23.3 Å². The van der Waals surface area contributed by atoms with Crippen LogP contribution in [0.25, 0.3) is 11.0 Å². The third kappa shape index (κ3) is 0.826. The van der Waals surface area contributed by atoms with E-state index in [1.165, 1.54) is 11.1 Å². The fourth-order valence-corrected chi connectivity index (χ4v) is 1.47. The number of rotatable bonds is 0. The van der Waals surface area contributed by atoms with Gasteiger partial charge in [0.15, 0.2) is 0 Å². The first-order valence-electron chi connectivity index (χ1n) is 3.96. The monoisotopic (exact) mass is 161 g/mol. The van der Waals surface area contributed by atoms with E-state index in [0.29, 0.717) is 0 Å². The maximum Gasteiger partial charge on any atom is 0.116 e. The van der Waals surface area contributed by atoms with Gasteiger partial charge in [-0.05, 0) is 25.0 Å². The minimum atomic E-state index is 1.01. The topological polar surface area (TPSA) is 30.7 Å². The highest BCUT2D eigenvalue weighted by atomic mass is 15.4. The smallest absolute Gasteiger partial charge is 0.116 e. The molecule has 1 aromatic carbocycles. The van der Waals surface area contributed by atoms with Crippen LogP contribution in [0.4, 0.5) is 0 Å². The standard InChI is InChI=1S/C9H11N3/c1-6-4-5-7(2)9-8(6)10-11-12(9)3/h4-5H,1-3H3. The van der Waals surface area contributed by atoms with Gasteiger partial charge in [0.05, 0.1) is 5.52 Å². The van der Waals surface area contributed by atoms with Gasteiger partial charge in [0, 0.05) is 7.05 Å². The molecule has 62 valence electrons. The van der Waals surface area contributed by atoms with Gasteiger partial charge in [-0.1, -0.05) is 17.3 Å². The molecule has 0 radical (unpaired) electrons. The van der Waals surface area contributed by atoms with Gasteiger partial charge in [-0.15, -0.1) is 5.10 Å². The van der Waals surface area contributed by atoms with Crippen molar-refractivity contribution in [1.29, 1.82) is 0 Å². The van der Waals surface area contributed by atoms with Crippen molar-refractivity contribution in [3.63, 3.8) is 0 Å². The zero-order valence-corrected chi connectivity index (χ0v) is 7.50. The summed E-state index contributed by atoms with van der Waals surface area (Å²) in [6.07, 6.45) is 0. The molecule has 0 aliphatic heterocycles. The van der Waals surface area contributed by atoms with Gasteiger partial charge in [-0.2, -0.15) is 0 Å². The zero-order chi connectivity index (χ0) is 8.72. The Labute approximate surface area is 71.0 Å². The molecule has 0 aliphatic carbocycles. The molecule has 0 unspecified atom stereocenters. The summed E-state index contributed by atoms with van der Waals surface area (Å²) in [4.78, 5) is 0. The molecule has 0 fully saturated rings. The number of hydrogen-bond acceptors (Lipinski definition) is 2. The average molecular weight is 161 g/mol. The molecule has 0 saturated heterocycles. The molecule has 3 nitrogen and oxygen atoms in total. The van der Waals surface area contributed by atoms with Crippen molar-refractivity contribution >= 4 is 11.0 Å². The molecule has 2 aromatic rings. The fourth-order valence-electron chi connectivity index (χ4n) is 1.47. The lowest BCUT2D eigenvalue weighted by molar-refractivity contribution is 0.735. The summed E-state index contributed by atoms with van der Waals surface area (Å²) in [5.41, 5.74) is 4.55. The predicted molar refractivity (Wildman–Crippen MR) is 48.0 cm³/mol. The largest absolute Gasteiger partial charge is 0.247 e. The Morgan fingerprint density at radius 1 is 1.17 bits per heavy atom. The minimum Gasteiger partial charge on any atom is -0.247 e. The fraction of sp³-hybridized carbons (Fsp3) is 0.333. The minimum absolute atomic E-state index is 1.01. The molecule has 0 saturated carbocycles. The Morgan fingerprint density at radius 2 is 1.83 bits per heavy atom. The Hall–Kier alpha value is -1.38. The van der Waals surface area contributed by atoms with E-state index in [1.54, 1.807) is 0 Å². The lowest BCUT2D eigenvalue weighted by Gasteiger charge is -1.98. The van der Waals surface area contributed by atoms with E-state index in [2.05, 4.69) is 36.3 Å². The Kier molecular flexibility index (Phi) is 1.40. The summed E-state index contributed by atoms with van der Waals surface area (Å²) in [7, 11) is 1.92. The van der Waals surface area contributed by atoms with E-state index >= 15 is 0 Å². The SMILES string of the molecule is Cc1ccc(C)c2c1nnn2C. The summed E-state index contributed by atoms with van der Waals surface area (Å²) in [6.45, 7) is 4.13. The molecule has 1 aromatic heterocycles. The third-order valence-electron chi connectivity index (χ3n) is 2.16. The number of fused-ring (bicyclic) bond motifs is 1. The van der Waals surface area contributed by atoms with E-state index in [-0.39, 0.29) is 0 Å². The van der Waals surface area contributed by atoms with Crippen molar-refractivity contribution in [2.75, 3.05) is 0 Å². The average Bonchev–Trinajstić information content (AvgIpc) is 2.42. The van der Waals surface area contributed by atoms with Crippen molar-refractivity contribution in [2.24, 2.45) is 7.05 Å². The molecule has 3 heteroatoms. The number of aromatic nitrogens is 3. The van der Waals surface area contributed by atoms with Crippen LogP contribution in [0.5, 0.6) is 0 Å². The van der Waals surface area contributed by atoms with Crippen LogP contribution in [0.15, 0.2) is 12.1 Å². The second-order valence-electron chi connectivity index (χ2n) is 3.11. The van der Waals surface area contributed by atoms with Crippen LogP contribution in [0.3, 0.4) is 0 Å². The quantitative estimate of drug-likeness (QED) is 0.587. The van der Waals surface area contributed by atoms with E-state index in [4.69, 9.17) is 0 Å². The molecule has 12 heavy (non-hydrogen) atoms. The third-order valence-corrected chi connectivity index (χ3v) is 2.16. The Balaban J connectivity index is 2.98. The summed E-state index contributed by atoms with van der Waals surface area (Å²) >= 11 is 0. The Morgan fingerprint density at radius 3 is 2.50 bits per heavy atom. The molecule has 0 spiro atoms. The van der Waals surface area contributed by atoms with E-state index < -0.39 is 0 Å². The molecule has 1 heterocycles. The van der Waals surface area contributed by atoms with E-state index in [1.807, 2.05) is 11.7 Å². The Bertz CT molecular complexity index is 429.